The third kappa shape index (κ3) is 3.61. The molecule has 0 saturated carbocycles. The van der Waals surface area contributed by atoms with Gasteiger partial charge in [0.05, 0.1) is 0 Å². The number of allylic oxidation sites excluding steroid dienone is 1. The van der Waals surface area contributed by atoms with Gasteiger partial charge in [0, 0.05) is 17.5 Å². The number of aliphatic imine (C=N–C) groups is 1. The second-order valence-electron chi connectivity index (χ2n) is 2.94. The van der Waals surface area contributed by atoms with Crippen molar-refractivity contribution in [1.29, 1.82) is 0 Å². The lowest BCUT2D eigenvalue weighted by molar-refractivity contribution is 0.112. The van der Waals surface area contributed by atoms with Gasteiger partial charge in [-0.3, -0.25) is 4.79 Å². The zero-order valence-electron chi connectivity index (χ0n) is 8.31. The monoisotopic (exact) mass is 224 g/mol. The van der Waals surface area contributed by atoms with Crippen LogP contribution in [-0.2, 0) is 0 Å². The fourth-order valence-electron chi connectivity index (χ4n) is 1.04. The Bertz CT molecular complexity index is 410. The molecule has 84 valence electrons. The van der Waals surface area contributed by atoms with E-state index in [1.807, 2.05) is 0 Å². The summed E-state index contributed by atoms with van der Waals surface area (Å²) in [5.74, 6) is 0. The SMILES string of the molecule is NC(=CC=NC(F)F)c1ccc(C=O)cc1. The first kappa shape index (κ1) is 12.0. The molecular formula is C11H10F2N2O. The van der Waals surface area contributed by atoms with Gasteiger partial charge < -0.3 is 5.73 Å². The summed E-state index contributed by atoms with van der Waals surface area (Å²) in [6.07, 6.45) is 2.94. The Morgan fingerprint density at radius 1 is 1.31 bits per heavy atom. The number of alkyl halides is 2. The summed E-state index contributed by atoms with van der Waals surface area (Å²) in [4.78, 5) is 13.2. The number of benzene rings is 1. The highest BCUT2D eigenvalue weighted by molar-refractivity contribution is 5.84. The van der Waals surface area contributed by atoms with E-state index in [0.717, 1.165) is 6.21 Å². The lowest BCUT2D eigenvalue weighted by atomic mass is 10.1. The smallest absolute Gasteiger partial charge is 0.331 e. The Balaban J connectivity index is 2.79. The molecule has 0 heterocycles. The lowest BCUT2D eigenvalue weighted by Gasteiger charge is -2.00. The third-order valence-electron chi connectivity index (χ3n) is 1.83. The number of carbonyl (C=O) groups is 1. The van der Waals surface area contributed by atoms with E-state index in [-0.39, 0.29) is 0 Å². The number of nitrogens with zero attached hydrogens (tertiary/aromatic N) is 1. The van der Waals surface area contributed by atoms with Crippen LogP contribution in [0.1, 0.15) is 15.9 Å². The second kappa shape index (κ2) is 5.75. The largest absolute Gasteiger partial charge is 0.398 e. The topological polar surface area (TPSA) is 55.4 Å². The van der Waals surface area contributed by atoms with Crippen LogP contribution in [-0.4, -0.2) is 19.1 Å². The summed E-state index contributed by atoms with van der Waals surface area (Å²) in [7, 11) is 0. The molecule has 1 rings (SSSR count). The number of aldehydes is 1. The van der Waals surface area contributed by atoms with E-state index in [1.54, 1.807) is 24.3 Å². The lowest BCUT2D eigenvalue weighted by Crippen LogP contribution is -1.97. The van der Waals surface area contributed by atoms with Crippen molar-refractivity contribution in [2.75, 3.05) is 0 Å². The molecule has 16 heavy (non-hydrogen) atoms. The van der Waals surface area contributed by atoms with Gasteiger partial charge in [-0.15, -0.1) is 0 Å². The predicted octanol–water partition coefficient (Wildman–Crippen LogP) is 2.09. The average molecular weight is 224 g/mol. The zero-order valence-corrected chi connectivity index (χ0v) is 8.31. The Hall–Kier alpha value is -2.04. The van der Waals surface area contributed by atoms with Gasteiger partial charge in [-0.2, -0.15) is 8.78 Å². The summed E-state index contributed by atoms with van der Waals surface area (Å²) in [6.45, 7) is -2.73. The number of nitrogens with two attached hydrogens (primary N) is 1. The van der Waals surface area contributed by atoms with Crippen LogP contribution in [0.5, 0.6) is 0 Å². The second-order valence-corrected chi connectivity index (χ2v) is 2.94. The Kier molecular flexibility index (Phi) is 4.32. The van der Waals surface area contributed by atoms with Crippen molar-refractivity contribution in [2.24, 2.45) is 10.7 Å². The van der Waals surface area contributed by atoms with Crippen LogP contribution in [0, 0.1) is 0 Å². The van der Waals surface area contributed by atoms with Gasteiger partial charge in [0.15, 0.2) is 0 Å². The number of hydrogen-bond acceptors (Lipinski definition) is 3. The molecule has 1 aromatic carbocycles. The molecule has 0 amide bonds. The molecular weight excluding hydrogens is 214 g/mol. The first-order valence-corrected chi connectivity index (χ1v) is 4.46. The first-order chi connectivity index (χ1) is 7.63. The van der Waals surface area contributed by atoms with Crippen LogP contribution < -0.4 is 5.73 Å². The van der Waals surface area contributed by atoms with E-state index in [4.69, 9.17) is 5.73 Å². The molecule has 5 heteroatoms. The highest BCUT2D eigenvalue weighted by Crippen LogP contribution is 2.09. The highest BCUT2D eigenvalue weighted by Gasteiger charge is 1.96. The number of carbonyl (C=O) groups excluding carboxylic acids is 1. The Morgan fingerprint density at radius 2 is 1.94 bits per heavy atom. The van der Waals surface area contributed by atoms with Crippen LogP contribution in [0.3, 0.4) is 0 Å². The Morgan fingerprint density at radius 3 is 2.44 bits per heavy atom. The molecule has 0 saturated heterocycles. The summed E-state index contributed by atoms with van der Waals surface area (Å²) in [6, 6.07) is 6.44. The highest BCUT2D eigenvalue weighted by atomic mass is 19.3. The molecule has 0 unspecified atom stereocenters. The molecule has 1 aromatic rings. The maximum atomic E-state index is 11.7. The molecule has 0 bridgehead atoms. The van der Waals surface area contributed by atoms with Crippen molar-refractivity contribution < 1.29 is 13.6 Å². The minimum atomic E-state index is -2.73. The molecule has 0 aromatic heterocycles. The summed E-state index contributed by atoms with van der Waals surface area (Å²) in [5.41, 5.74) is 7.09. The zero-order chi connectivity index (χ0) is 12.0. The Labute approximate surface area is 91.3 Å². The van der Waals surface area contributed by atoms with Gasteiger partial charge >= 0.3 is 6.55 Å². The van der Waals surface area contributed by atoms with Gasteiger partial charge in [-0.25, -0.2) is 4.99 Å². The maximum absolute atomic E-state index is 11.7. The first-order valence-electron chi connectivity index (χ1n) is 4.46. The minimum absolute atomic E-state index is 0.307. The number of halogens is 2. The fourth-order valence-corrected chi connectivity index (χ4v) is 1.04. The number of hydrogen-bond donors (Lipinski definition) is 1. The van der Waals surface area contributed by atoms with Crippen molar-refractivity contribution in [3.8, 4) is 0 Å². The quantitative estimate of drug-likeness (QED) is 0.483. The maximum Gasteiger partial charge on any atom is 0.331 e. The van der Waals surface area contributed by atoms with Gasteiger partial charge in [0.2, 0.25) is 0 Å². The third-order valence-corrected chi connectivity index (χ3v) is 1.83. The van der Waals surface area contributed by atoms with Crippen LogP contribution >= 0.6 is 0 Å². The molecule has 2 N–H and O–H groups in total. The normalized spacial score (nSPS) is 12.3. The molecule has 0 radical (unpaired) electrons. The van der Waals surface area contributed by atoms with Crippen molar-refractivity contribution in [3.05, 3.63) is 41.5 Å². The van der Waals surface area contributed by atoms with Crippen LogP contribution in [0.25, 0.3) is 5.70 Å². The average Bonchev–Trinajstić information content (AvgIpc) is 2.28. The van der Waals surface area contributed by atoms with E-state index in [1.165, 1.54) is 6.08 Å². The van der Waals surface area contributed by atoms with Crippen molar-refractivity contribution in [3.63, 3.8) is 0 Å². The molecule has 0 spiro atoms. The molecule has 3 nitrogen and oxygen atoms in total. The van der Waals surface area contributed by atoms with Crippen molar-refractivity contribution in [1.82, 2.24) is 0 Å². The molecule has 0 fully saturated rings. The van der Waals surface area contributed by atoms with E-state index < -0.39 is 6.55 Å². The number of rotatable bonds is 4. The van der Waals surface area contributed by atoms with Crippen LogP contribution in [0.15, 0.2) is 35.3 Å². The minimum Gasteiger partial charge on any atom is -0.398 e. The summed E-state index contributed by atoms with van der Waals surface area (Å²) >= 11 is 0. The summed E-state index contributed by atoms with van der Waals surface area (Å²) in [5, 5.41) is 0. The standard InChI is InChI=1S/C11H10F2N2O/c12-11(13)15-6-5-10(14)9-3-1-8(7-16)2-4-9/h1-7,11H,14H2. The van der Waals surface area contributed by atoms with Crippen LogP contribution in [0.2, 0.25) is 0 Å². The molecule has 0 aliphatic rings. The molecule has 0 aliphatic carbocycles. The fraction of sp³-hybridized carbons (Fsp3) is 0.0909. The summed E-state index contributed by atoms with van der Waals surface area (Å²) < 4.78 is 23.4. The van der Waals surface area contributed by atoms with Gasteiger partial charge in [0.1, 0.15) is 6.29 Å². The van der Waals surface area contributed by atoms with Gasteiger partial charge in [-0.05, 0) is 11.6 Å². The predicted molar refractivity (Wildman–Crippen MR) is 58.5 cm³/mol. The van der Waals surface area contributed by atoms with E-state index in [0.29, 0.717) is 23.1 Å². The van der Waals surface area contributed by atoms with Gasteiger partial charge in [-0.1, -0.05) is 24.3 Å². The van der Waals surface area contributed by atoms with Crippen molar-refractivity contribution in [2.45, 2.75) is 6.55 Å². The molecule has 0 aliphatic heterocycles. The van der Waals surface area contributed by atoms with E-state index in [2.05, 4.69) is 4.99 Å². The van der Waals surface area contributed by atoms with Crippen LogP contribution in [0.4, 0.5) is 8.78 Å². The van der Waals surface area contributed by atoms with E-state index >= 15 is 0 Å². The van der Waals surface area contributed by atoms with E-state index in [9.17, 15) is 13.6 Å². The molecule has 0 atom stereocenters. The van der Waals surface area contributed by atoms with Crippen molar-refractivity contribution >= 4 is 18.2 Å². The van der Waals surface area contributed by atoms with Gasteiger partial charge in [0.25, 0.3) is 0 Å².